The highest BCUT2D eigenvalue weighted by Crippen LogP contribution is 2.25. The third kappa shape index (κ3) is 2.85. The molecular weight excluding hydrogens is 198 g/mol. The summed E-state index contributed by atoms with van der Waals surface area (Å²) in [6, 6.07) is 0.379. The summed E-state index contributed by atoms with van der Waals surface area (Å²) in [4.78, 5) is 11.3. The lowest BCUT2D eigenvalue weighted by atomic mass is 10.1. The Bertz CT molecular complexity index is 476. The number of esters is 1. The molecule has 0 bridgehead atoms. The van der Waals surface area contributed by atoms with Crippen LogP contribution in [0.1, 0.15) is 9.68 Å². The third-order valence-electron chi connectivity index (χ3n) is 1.66. The van der Waals surface area contributed by atoms with Gasteiger partial charge in [-0.3, -0.25) is 4.79 Å². The van der Waals surface area contributed by atoms with Crippen molar-refractivity contribution < 1.29 is 23.9 Å². The molecule has 0 spiro atoms. The van der Waals surface area contributed by atoms with Crippen LogP contribution in [0.2, 0.25) is 0 Å². The average molecular weight is 214 g/mol. The Balaban J connectivity index is 3.27. The van der Waals surface area contributed by atoms with E-state index in [9.17, 15) is 9.90 Å². The van der Waals surface area contributed by atoms with Crippen LogP contribution in [0.3, 0.4) is 0 Å². The van der Waals surface area contributed by atoms with Crippen LogP contribution in [0.25, 0.3) is 0 Å². The van der Waals surface area contributed by atoms with E-state index in [2.05, 4.69) is 4.74 Å². The molecule has 4 N–H and O–H groups in total. The highest BCUT2D eigenvalue weighted by Gasteiger charge is 2.14. The molecular formula is C10H13NO4. The smallest absolute Gasteiger partial charge is 0.322 e. The number of methoxy groups -OCH3 is 1. The van der Waals surface area contributed by atoms with Crippen molar-refractivity contribution in [2.24, 2.45) is 5.73 Å². The van der Waals surface area contributed by atoms with Gasteiger partial charge in [-0.05, 0) is 24.1 Å². The molecule has 1 rings (SSSR count). The number of rotatable bonds is 3. The molecule has 5 heteroatoms. The lowest BCUT2D eigenvalue weighted by Crippen LogP contribution is -2.33. The second-order valence-corrected chi connectivity index (χ2v) is 2.73. The van der Waals surface area contributed by atoms with Crippen LogP contribution < -0.4 is 5.73 Å². The van der Waals surface area contributed by atoms with Gasteiger partial charge in [0.2, 0.25) is 0 Å². The molecule has 0 heterocycles. The monoisotopic (exact) mass is 214 g/mol. The number of nitrogens with two attached hydrogens (primary N) is 1. The van der Waals surface area contributed by atoms with Gasteiger partial charge < -0.3 is 20.7 Å². The maximum atomic E-state index is 11.3. The molecule has 0 saturated carbocycles. The van der Waals surface area contributed by atoms with E-state index in [1.807, 2.05) is 0 Å². The predicted molar refractivity (Wildman–Crippen MR) is 53.5 cm³/mol. The van der Waals surface area contributed by atoms with Crippen LogP contribution in [0.5, 0.6) is 11.5 Å². The van der Waals surface area contributed by atoms with E-state index >= 15 is 0 Å². The number of ether oxygens (including phenoxy) is 1. The SMILES string of the molecule is [2H]C([2H])(c1ccc(O)c(O)c1)[C@]([2H])(N)C(=O)OC. The number of hydrogen-bond donors (Lipinski definition) is 3. The number of hydrogen-bond acceptors (Lipinski definition) is 5. The van der Waals surface area contributed by atoms with E-state index in [1.165, 1.54) is 0 Å². The minimum Gasteiger partial charge on any atom is -0.504 e. The zero-order chi connectivity index (χ0) is 14.1. The highest BCUT2D eigenvalue weighted by atomic mass is 16.5. The summed E-state index contributed by atoms with van der Waals surface area (Å²) in [5.74, 6) is -2.27. The maximum absolute atomic E-state index is 11.3. The molecule has 0 aliphatic rings. The molecule has 1 aromatic carbocycles. The van der Waals surface area contributed by atoms with Crippen molar-refractivity contribution in [3.8, 4) is 11.5 Å². The van der Waals surface area contributed by atoms with E-state index in [-0.39, 0.29) is 5.56 Å². The average Bonchev–Trinajstić information content (AvgIpc) is 2.31. The van der Waals surface area contributed by atoms with Crippen LogP contribution >= 0.6 is 0 Å². The molecule has 0 saturated heterocycles. The van der Waals surface area contributed by atoms with Crippen LogP contribution in [0.15, 0.2) is 18.2 Å². The van der Waals surface area contributed by atoms with Crippen molar-refractivity contribution in [3.05, 3.63) is 23.8 Å². The minimum absolute atomic E-state index is 0.222. The Kier molecular flexibility index (Phi) is 2.34. The number of benzene rings is 1. The van der Waals surface area contributed by atoms with Crippen molar-refractivity contribution in [1.29, 1.82) is 0 Å². The van der Waals surface area contributed by atoms with Crippen molar-refractivity contribution >= 4 is 5.97 Å². The molecule has 1 aromatic rings. The maximum Gasteiger partial charge on any atom is 0.322 e. The van der Waals surface area contributed by atoms with Gasteiger partial charge >= 0.3 is 5.97 Å². The molecule has 0 unspecified atom stereocenters. The summed E-state index contributed by atoms with van der Waals surface area (Å²) in [5, 5.41) is 18.4. The molecule has 0 radical (unpaired) electrons. The third-order valence-corrected chi connectivity index (χ3v) is 1.66. The Hall–Kier alpha value is -1.75. The topological polar surface area (TPSA) is 92.8 Å². The largest absolute Gasteiger partial charge is 0.504 e. The first-order valence-electron chi connectivity index (χ1n) is 5.54. The van der Waals surface area contributed by atoms with E-state index in [0.717, 1.165) is 25.3 Å². The standard InChI is InChI=1S/C10H13NO4/c1-15-10(14)7(11)4-6-2-3-8(12)9(13)5-6/h2-3,5,7,12-13H,4,11H2,1H3/t7-/m0/s1/i4D2,7D. The summed E-state index contributed by atoms with van der Waals surface area (Å²) in [7, 11) is 0.989. The van der Waals surface area contributed by atoms with Gasteiger partial charge in [-0.15, -0.1) is 0 Å². The van der Waals surface area contributed by atoms with Crippen LogP contribution in [-0.4, -0.2) is 29.3 Å². The summed E-state index contributed by atoms with van der Waals surface area (Å²) >= 11 is 0. The first-order valence-corrected chi connectivity index (χ1v) is 4.04. The second-order valence-electron chi connectivity index (χ2n) is 2.73. The zero-order valence-electron chi connectivity index (χ0n) is 11.0. The van der Waals surface area contributed by atoms with Gasteiger partial charge in [0.1, 0.15) is 6.02 Å². The van der Waals surface area contributed by atoms with Crippen LogP contribution in [0.4, 0.5) is 0 Å². The zero-order valence-corrected chi connectivity index (χ0v) is 8.02. The van der Waals surface area contributed by atoms with Gasteiger partial charge in [-0.25, -0.2) is 0 Å². The molecule has 1 atom stereocenters. The summed E-state index contributed by atoms with van der Waals surface area (Å²) < 4.78 is 27.3. The Morgan fingerprint density at radius 2 is 2.33 bits per heavy atom. The fraction of sp³-hybridized carbons (Fsp3) is 0.300. The van der Waals surface area contributed by atoms with Crippen LogP contribution in [-0.2, 0) is 15.9 Å². The normalized spacial score (nSPS) is 18.1. The van der Waals surface area contributed by atoms with E-state index in [1.54, 1.807) is 0 Å². The molecule has 0 aliphatic heterocycles. The fourth-order valence-electron chi connectivity index (χ4n) is 0.918. The van der Waals surface area contributed by atoms with Gasteiger partial charge in [0.05, 0.1) is 8.48 Å². The van der Waals surface area contributed by atoms with E-state index < -0.39 is 29.9 Å². The summed E-state index contributed by atoms with van der Waals surface area (Å²) in [6.45, 7) is 0. The Labute approximate surface area is 91.3 Å². The number of carbonyl (C=O) groups excluding carboxylic acids is 1. The summed E-state index contributed by atoms with van der Waals surface area (Å²) in [6.07, 6.45) is -2.61. The molecule has 0 aliphatic carbocycles. The van der Waals surface area contributed by atoms with Crippen molar-refractivity contribution in [3.63, 3.8) is 0 Å². The molecule has 0 amide bonds. The molecule has 82 valence electrons. The van der Waals surface area contributed by atoms with Crippen LogP contribution in [0, 0.1) is 0 Å². The van der Waals surface area contributed by atoms with Crippen molar-refractivity contribution in [2.75, 3.05) is 7.11 Å². The van der Waals surface area contributed by atoms with Gasteiger partial charge in [0.15, 0.2) is 11.5 Å². The van der Waals surface area contributed by atoms with Crippen molar-refractivity contribution in [2.45, 2.75) is 12.4 Å². The first kappa shape index (κ1) is 7.53. The molecule has 0 aromatic heterocycles. The van der Waals surface area contributed by atoms with Crippen molar-refractivity contribution in [1.82, 2.24) is 0 Å². The van der Waals surface area contributed by atoms with Gasteiger partial charge in [-0.1, -0.05) is 6.07 Å². The van der Waals surface area contributed by atoms with Gasteiger partial charge in [0, 0.05) is 2.74 Å². The van der Waals surface area contributed by atoms with E-state index in [0.29, 0.717) is 0 Å². The number of phenols is 2. The molecule has 15 heavy (non-hydrogen) atoms. The van der Waals surface area contributed by atoms with E-state index in [4.69, 9.17) is 15.0 Å². The van der Waals surface area contributed by atoms with Gasteiger partial charge in [0.25, 0.3) is 0 Å². The molecule has 0 fully saturated rings. The lowest BCUT2D eigenvalue weighted by molar-refractivity contribution is -0.142. The number of aromatic hydroxyl groups is 2. The van der Waals surface area contributed by atoms with Gasteiger partial charge in [-0.2, -0.15) is 0 Å². The second kappa shape index (κ2) is 4.65. The Morgan fingerprint density at radius 3 is 2.87 bits per heavy atom. The molecule has 5 nitrogen and oxygen atoms in total. The Morgan fingerprint density at radius 1 is 1.67 bits per heavy atom. The minimum atomic E-state index is -2.68. The predicted octanol–water partition coefficient (Wildman–Crippen LogP) is 0.141. The number of phenolic OH excluding ortho intramolecular Hbond substituents is 2. The lowest BCUT2D eigenvalue weighted by Gasteiger charge is -2.09. The quantitative estimate of drug-likeness (QED) is 0.491. The first-order chi connectivity index (χ1) is 8.14. The number of carbonyl (C=O) groups is 1. The fourth-order valence-corrected chi connectivity index (χ4v) is 0.918. The summed E-state index contributed by atoms with van der Waals surface area (Å²) in [5.41, 5.74) is 5.12. The highest BCUT2D eigenvalue weighted by molar-refractivity contribution is 5.75.